The average Bonchev–Trinajstić information content (AvgIpc) is 3.36. The molecule has 3 N–H and O–H groups in total. The van der Waals surface area contributed by atoms with Crippen LogP contribution >= 0.6 is 7.82 Å². The van der Waals surface area contributed by atoms with Crippen molar-refractivity contribution in [3.05, 3.63) is 35.7 Å². The molecular formula is C24H28F3N4O8P. The lowest BCUT2D eigenvalue weighted by Gasteiger charge is -2.32. The van der Waals surface area contributed by atoms with Crippen LogP contribution in [-0.4, -0.2) is 67.9 Å². The standard InChI is InChI=1S/C24H28F3N4O8P/c1-11-17(37-12(2)24(3,4)39-40(33,34)35)9-20-28-10-16(31(20)30-11)13-6-18(36-5)21(19(7-13)38-23(26)27)22(32)29-15-8-14(15)25/h6-7,9-10,12,14-15,23H,8H2,1-5H3,(H,29,32)(H2,33,34,35)/t12-,14-,15?/m0/s1. The van der Waals surface area contributed by atoms with Gasteiger partial charge in [0.2, 0.25) is 0 Å². The Bertz CT molecular complexity index is 1480. The lowest BCUT2D eigenvalue weighted by molar-refractivity contribution is -0.0502. The molecule has 0 saturated heterocycles. The Morgan fingerprint density at radius 1 is 1.20 bits per heavy atom. The number of halogens is 3. The molecule has 1 aliphatic rings. The highest BCUT2D eigenvalue weighted by atomic mass is 31.2. The van der Waals surface area contributed by atoms with Crippen LogP contribution in [0.3, 0.4) is 0 Å². The lowest BCUT2D eigenvalue weighted by atomic mass is 10.0. The number of carbonyl (C=O) groups excluding carboxylic acids is 1. The Hall–Kier alpha value is -3.39. The largest absolute Gasteiger partial charge is 0.496 e. The normalized spacial score (nSPS) is 18.1. The number of methoxy groups -OCH3 is 1. The van der Waals surface area contributed by atoms with Gasteiger partial charge in [0.1, 0.15) is 46.4 Å². The minimum atomic E-state index is -4.79. The third-order valence-corrected chi connectivity index (χ3v) is 7.03. The number of benzene rings is 1. The Morgan fingerprint density at radius 2 is 1.85 bits per heavy atom. The monoisotopic (exact) mass is 588 g/mol. The predicted octanol–water partition coefficient (Wildman–Crippen LogP) is 3.81. The number of carbonyl (C=O) groups is 1. The van der Waals surface area contributed by atoms with Gasteiger partial charge >= 0.3 is 14.4 Å². The van der Waals surface area contributed by atoms with E-state index in [1.54, 1.807) is 13.8 Å². The fraction of sp³-hybridized carbons (Fsp3) is 0.458. The molecule has 40 heavy (non-hydrogen) atoms. The molecule has 0 aliphatic heterocycles. The predicted molar refractivity (Wildman–Crippen MR) is 134 cm³/mol. The summed E-state index contributed by atoms with van der Waals surface area (Å²) in [7, 11) is -3.54. The van der Waals surface area contributed by atoms with E-state index in [4.69, 9.17) is 14.0 Å². The van der Waals surface area contributed by atoms with Crippen molar-refractivity contribution < 1.29 is 51.1 Å². The zero-order chi connectivity index (χ0) is 29.6. The number of hydrogen-bond donors (Lipinski definition) is 3. The fourth-order valence-corrected chi connectivity index (χ4v) is 4.64. The molecule has 1 saturated carbocycles. The molecule has 2 heterocycles. The van der Waals surface area contributed by atoms with E-state index in [2.05, 4.69) is 20.1 Å². The van der Waals surface area contributed by atoms with E-state index in [-0.39, 0.29) is 34.7 Å². The summed E-state index contributed by atoms with van der Waals surface area (Å²) in [5, 5.41) is 6.89. The maximum Gasteiger partial charge on any atom is 0.470 e. The first kappa shape index (κ1) is 29.6. The molecule has 4 rings (SSSR count). The van der Waals surface area contributed by atoms with Crippen molar-refractivity contribution in [2.24, 2.45) is 0 Å². The number of nitrogens with one attached hydrogen (secondary N) is 1. The highest BCUT2D eigenvalue weighted by molar-refractivity contribution is 7.46. The molecule has 3 aromatic rings. The van der Waals surface area contributed by atoms with Crippen LogP contribution in [-0.2, 0) is 9.09 Å². The topological polar surface area (TPSA) is 154 Å². The van der Waals surface area contributed by atoms with Gasteiger partial charge < -0.3 is 29.3 Å². The number of imidazole rings is 1. The summed E-state index contributed by atoms with van der Waals surface area (Å²) in [4.78, 5) is 35.5. The number of rotatable bonds is 11. The lowest BCUT2D eigenvalue weighted by Crippen LogP contribution is -2.40. The molecule has 1 amide bonds. The third-order valence-electron chi connectivity index (χ3n) is 6.32. The summed E-state index contributed by atoms with van der Waals surface area (Å²) in [6.07, 6.45) is -0.489. The van der Waals surface area contributed by atoms with Crippen LogP contribution in [0, 0.1) is 6.92 Å². The maximum absolute atomic E-state index is 13.3. The van der Waals surface area contributed by atoms with Crippen LogP contribution in [0.25, 0.3) is 16.9 Å². The van der Waals surface area contributed by atoms with Gasteiger partial charge in [0.15, 0.2) is 5.65 Å². The maximum atomic E-state index is 13.3. The first-order valence-electron chi connectivity index (χ1n) is 12.0. The Kier molecular flexibility index (Phi) is 8.05. The molecule has 1 aromatic carbocycles. The van der Waals surface area contributed by atoms with Crippen LogP contribution in [0.15, 0.2) is 24.4 Å². The summed E-state index contributed by atoms with van der Waals surface area (Å²) in [6, 6.07) is 3.45. The van der Waals surface area contributed by atoms with Crippen LogP contribution in [0.4, 0.5) is 13.2 Å². The minimum absolute atomic E-state index is 0.0885. The second kappa shape index (κ2) is 10.9. The highest BCUT2D eigenvalue weighted by Gasteiger charge is 2.40. The number of phosphoric acid groups is 1. The van der Waals surface area contributed by atoms with Gasteiger partial charge in [-0.25, -0.2) is 18.5 Å². The molecule has 1 unspecified atom stereocenters. The van der Waals surface area contributed by atoms with Gasteiger partial charge in [-0.1, -0.05) is 0 Å². The summed E-state index contributed by atoms with van der Waals surface area (Å²) in [6.45, 7) is 2.86. The number of aryl methyl sites for hydroxylation is 1. The van der Waals surface area contributed by atoms with Crippen molar-refractivity contribution in [3.63, 3.8) is 0 Å². The fourth-order valence-electron chi connectivity index (χ4n) is 3.88. The van der Waals surface area contributed by atoms with E-state index in [1.807, 2.05) is 0 Å². The van der Waals surface area contributed by atoms with Crippen molar-refractivity contribution in [1.29, 1.82) is 0 Å². The van der Waals surface area contributed by atoms with Crippen molar-refractivity contribution in [1.82, 2.24) is 19.9 Å². The van der Waals surface area contributed by atoms with Crippen molar-refractivity contribution in [3.8, 4) is 28.5 Å². The average molecular weight is 588 g/mol. The van der Waals surface area contributed by atoms with Gasteiger partial charge in [-0.05, 0) is 39.8 Å². The zero-order valence-corrected chi connectivity index (χ0v) is 23.0. The first-order valence-corrected chi connectivity index (χ1v) is 13.5. The van der Waals surface area contributed by atoms with Crippen LogP contribution in [0.5, 0.6) is 17.2 Å². The minimum Gasteiger partial charge on any atom is -0.496 e. The molecule has 1 aliphatic carbocycles. The summed E-state index contributed by atoms with van der Waals surface area (Å²) in [5.74, 6) is -1.13. The van der Waals surface area contributed by atoms with Gasteiger partial charge in [0, 0.05) is 18.1 Å². The molecule has 12 nitrogen and oxygen atoms in total. The summed E-state index contributed by atoms with van der Waals surface area (Å²) >= 11 is 0. The Labute approximate surface area is 226 Å². The Balaban J connectivity index is 1.70. The smallest absolute Gasteiger partial charge is 0.470 e. The molecule has 16 heteroatoms. The molecule has 0 radical (unpaired) electrons. The molecule has 3 atom stereocenters. The molecule has 0 spiro atoms. The van der Waals surface area contributed by atoms with Crippen molar-refractivity contribution in [2.45, 2.75) is 64.6 Å². The van der Waals surface area contributed by atoms with Gasteiger partial charge in [-0.15, -0.1) is 0 Å². The molecule has 0 bridgehead atoms. The van der Waals surface area contributed by atoms with Crippen LogP contribution < -0.4 is 19.5 Å². The van der Waals surface area contributed by atoms with Crippen LogP contribution in [0.1, 0.15) is 43.2 Å². The third kappa shape index (κ3) is 6.49. The quantitative estimate of drug-likeness (QED) is 0.282. The number of alkyl halides is 3. The summed E-state index contributed by atoms with van der Waals surface area (Å²) in [5.41, 5.74) is -0.420. The SMILES string of the molecule is COc1cc(-c2cnc3cc(O[C@@H](C)C(C)(C)OP(=O)(O)O)c(C)nn23)cc(OC(F)F)c1C(=O)NC1C[C@@H]1F. The van der Waals surface area contributed by atoms with E-state index in [1.165, 1.54) is 49.9 Å². The van der Waals surface area contributed by atoms with Gasteiger partial charge in [-0.3, -0.25) is 9.32 Å². The molecule has 2 aromatic heterocycles. The Morgan fingerprint density at radius 3 is 2.42 bits per heavy atom. The van der Waals surface area contributed by atoms with Gasteiger partial charge in [-0.2, -0.15) is 13.9 Å². The van der Waals surface area contributed by atoms with E-state index in [0.29, 0.717) is 11.4 Å². The number of hydrogen-bond acceptors (Lipinski definition) is 8. The van der Waals surface area contributed by atoms with E-state index in [9.17, 15) is 32.3 Å². The second-order valence-electron chi connectivity index (χ2n) is 9.71. The zero-order valence-electron chi connectivity index (χ0n) is 22.1. The number of fused-ring (bicyclic) bond motifs is 1. The van der Waals surface area contributed by atoms with E-state index in [0.717, 1.165) is 0 Å². The van der Waals surface area contributed by atoms with Crippen LogP contribution in [0.2, 0.25) is 0 Å². The highest BCUT2D eigenvalue weighted by Crippen LogP contribution is 2.43. The van der Waals surface area contributed by atoms with Crippen molar-refractivity contribution in [2.75, 3.05) is 7.11 Å². The van der Waals surface area contributed by atoms with Crippen molar-refractivity contribution >= 4 is 19.4 Å². The molecule has 1 fully saturated rings. The molecular weight excluding hydrogens is 560 g/mol. The number of nitrogens with zero attached hydrogens (tertiary/aromatic N) is 3. The van der Waals surface area contributed by atoms with Gasteiger partial charge in [0.25, 0.3) is 5.91 Å². The van der Waals surface area contributed by atoms with E-state index >= 15 is 0 Å². The van der Waals surface area contributed by atoms with Gasteiger partial charge in [0.05, 0.1) is 25.0 Å². The molecule has 218 valence electrons. The summed E-state index contributed by atoms with van der Waals surface area (Å²) < 4.78 is 73.3. The van der Waals surface area contributed by atoms with E-state index < -0.39 is 50.0 Å². The number of ether oxygens (including phenoxy) is 3. The number of aromatic nitrogens is 3. The number of phosphoric ester groups is 1. The second-order valence-corrected chi connectivity index (χ2v) is 10.9. The first-order chi connectivity index (χ1) is 18.6. The number of amides is 1.